The molecule has 0 unspecified atom stereocenters. The monoisotopic (exact) mass is 330 g/mol. The Hall–Kier alpha value is -2.15. The van der Waals surface area contributed by atoms with Crippen molar-refractivity contribution in [2.24, 2.45) is 0 Å². The Bertz CT molecular complexity index is 706. The van der Waals surface area contributed by atoms with Crippen molar-refractivity contribution < 1.29 is 9.59 Å². The zero-order chi connectivity index (χ0) is 16.4. The van der Waals surface area contributed by atoms with Crippen LogP contribution >= 0.6 is 11.8 Å². The zero-order valence-corrected chi connectivity index (χ0v) is 13.9. The van der Waals surface area contributed by atoms with Crippen LogP contribution in [0.4, 0.5) is 0 Å². The lowest BCUT2D eigenvalue weighted by Crippen LogP contribution is -2.31. The fraction of sp³-hybridized carbons (Fsp3) is 0.375. The van der Waals surface area contributed by atoms with Crippen molar-refractivity contribution in [1.29, 1.82) is 0 Å². The molecule has 1 aliphatic heterocycles. The average Bonchev–Trinajstić information content (AvgIpc) is 3.11. The van der Waals surface area contributed by atoms with E-state index >= 15 is 0 Å². The first-order chi connectivity index (χ1) is 11.1. The summed E-state index contributed by atoms with van der Waals surface area (Å²) < 4.78 is 0. The molecule has 0 saturated carbocycles. The molecule has 0 saturated heterocycles. The third-order valence-electron chi connectivity index (χ3n) is 3.66. The summed E-state index contributed by atoms with van der Waals surface area (Å²) in [6.07, 6.45) is 0.710. The molecule has 7 heteroatoms. The number of aromatic nitrogens is 3. The van der Waals surface area contributed by atoms with Crippen LogP contribution in [0.5, 0.6) is 0 Å². The number of carbonyl (C=O) groups is 2. The van der Waals surface area contributed by atoms with Crippen LogP contribution in [-0.4, -0.2) is 44.2 Å². The second-order valence-electron chi connectivity index (χ2n) is 5.67. The summed E-state index contributed by atoms with van der Waals surface area (Å²) in [7, 11) is 0. The summed E-state index contributed by atoms with van der Waals surface area (Å²) in [6, 6.07) is 6.95. The highest BCUT2D eigenvalue weighted by Gasteiger charge is 2.34. The highest BCUT2D eigenvalue weighted by atomic mass is 32.2. The number of fused-ring (bicyclic) bond motifs is 1. The van der Waals surface area contributed by atoms with Gasteiger partial charge in [-0.25, -0.2) is 4.98 Å². The van der Waals surface area contributed by atoms with Crippen LogP contribution in [0, 0.1) is 0 Å². The molecule has 23 heavy (non-hydrogen) atoms. The second-order valence-corrected chi connectivity index (χ2v) is 6.73. The number of hydrogen-bond donors (Lipinski definition) is 1. The standard InChI is InChI=1S/C16H18N4O2S/c1-10(2)13-17-16(19-18-13)23-9-5-8-20-14(21)11-6-3-4-7-12(11)15(20)22/h3-4,6-7,10H,5,8-9H2,1-2H3,(H,17,18,19). The summed E-state index contributed by atoms with van der Waals surface area (Å²) in [5.41, 5.74) is 1.00. The third kappa shape index (κ3) is 3.14. The van der Waals surface area contributed by atoms with Gasteiger partial charge in [-0.3, -0.25) is 19.6 Å². The Morgan fingerprint density at radius 1 is 1.17 bits per heavy atom. The fourth-order valence-corrected chi connectivity index (χ4v) is 3.14. The number of H-pyrrole nitrogens is 1. The number of benzene rings is 1. The van der Waals surface area contributed by atoms with Crippen molar-refractivity contribution in [2.75, 3.05) is 12.3 Å². The van der Waals surface area contributed by atoms with Gasteiger partial charge in [-0.2, -0.15) is 0 Å². The number of amides is 2. The lowest BCUT2D eigenvalue weighted by Gasteiger charge is -2.12. The molecule has 0 fully saturated rings. The SMILES string of the molecule is CC(C)c1nc(SCCCN2C(=O)c3ccccc3C2=O)n[nH]1. The van der Waals surface area contributed by atoms with Crippen molar-refractivity contribution in [3.8, 4) is 0 Å². The first-order valence-corrected chi connectivity index (χ1v) is 8.57. The zero-order valence-electron chi connectivity index (χ0n) is 13.1. The van der Waals surface area contributed by atoms with Crippen molar-refractivity contribution in [3.05, 3.63) is 41.2 Å². The van der Waals surface area contributed by atoms with Gasteiger partial charge in [0.1, 0.15) is 5.82 Å². The van der Waals surface area contributed by atoms with Gasteiger partial charge in [-0.15, -0.1) is 5.10 Å². The van der Waals surface area contributed by atoms with E-state index in [0.717, 1.165) is 11.6 Å². The number of aromatic amines is 1. The van der Waals surface area contributed by atoms with Crippen LogP contribution in [0.3, 0.4) is 0 Å². The quantitative estimate of drug-likeness (QED) is 0.500. The number of hydrogen-bond acceptors (Lipinski definition) is 5. The minimum atomic E-state index is -0.199. The molecule has 0 aliphatic carbocycles. The summed E-state index contributed by atoms with van der Waals surface area (Å²) in [4.78, 5) is 30.1. The lowest BCUT2D eigenvalue weighted by molar-refractivity contribution is 0.0655. The summed E-state index contributed by atoms with van der Waals surface area (Å²) in [5, 5.41) is 7.77. The molecule has 0 spiro atoms. The van der Waals surface area contributed by atoms with Gasteiger partial charge in [-0.05, 0) is 18.6 Å². The minimum Gasteiger partial charge on any atom is -0.274 e. The third-order valence-corrected chi connectivity index (χ3v) is 4.60. The van der Waals surface area contributed by atoms with Gasteiger partial charge >= 0.3 is 0 Å². The van der Waals surface area contributed by atoms with Crippen LogP contribution in [-0.2, 0) is 0 Å². The van der Waals surface area contributed by atoms with Gasteiger partial charge < -0.3 is 0 Å². The lowest BCUT2D eigenvalue weighted by atomic mass is 10.1. The molecule has 0 atom stereocenters. The molecule has 1 N–H and O–H groups in total. The highest BCUT2D eigenvalue weighted by molar-refractivity contribution is 7.99. The summed E-state index contributed by atoms with van der Waals surface area (Å²) in [6.45, 7) is 4.52. The first-order valence-electron chi connectivity index (χ1n) is 7.58. The molecule has 3 rings (SSSR count). The summed E-state index contributed by atoms with van der Waals surface area (Å²) in [5.74, 6) is 1.54. The van der Waals surface area contributed by atoms with Crippen LogP contribution in [0.1, 0.15) is 52.7 Å². The Labute approximate surface area is 138 Å². The second kappa shape index (κ2) is 6.54. The van der Waals surface area contributed by atoms with Crippen molar-refractivity contribution >= 4 is 23.6 Å². The topological polar surface area (TPSA) is 79.0 Å². The number of rotatable bonds is 6. The maximum absolute atomic E-state index is 12.2. The van der Waals surface area contributed by atoms with E-state index < -0.39 is 0 Å². The normalized spacial score (nSPS) is 14.0. The molecule has 120 valence electrons. The first kappa shape index (κ1) is 15.7. The predicted molar refractivity (Wildman–Crippen MR) is 87.6 cm³/mol. The molecule has 2 aromatic rings. The molecule has 1 aromatic heterocycles. The van der Waals surface area contributed by atoms with Crippen molar-refractivity contribution in [2.45, 2.75) is 31.3 Å². The number of thioether (sulfide) groups is 1. The van der Waals surface area contributed by atoms with E-state index in [0.29, 0.717) is 35.2 Å². The Morgan fingerprint density at radius 3 is 2.39 bits per heavy atom. The smallest absolute Gasteiger partial charge is 0.261 e. The summed E-state index contributed by atoms with van der Waals surface area (Å²) >= 11 is 1.53. The maximum Gasteiger partial charge on any atom is 0.261 e. The molecule has 1 aromatic carbocycles. The van der Waals surface area contributed by atoms with E-state index in [1.807, 2.05) is 0 Å². The van der Waals surface area contributed by atoms with Gasteiger partial charge in [0.25, 0.3) is 11.8 Å². The Morgan fingerprint density at radius 2 is 1.83 bits per heavy atom. The van der Waals surface area contributed by atoms with E-state index in [-0.39, 0.29) is 11.8 Å². The van der Waals surface area contributed by atoms with Crippen molar-refractivity contribution in [1.82, 2.24) is 20.1 Å². The van der Waals surface area contributed by atoms with E-state index in [1.54, 1.807) is 24.3 Å². The molecule has 2 amide bonds. The minimum absolute atomic E-state index is 0.199. The van der Waals surface area contributed by atoms with E-state index in [9.17, 15) is 9.59 Å². The van der Waals surface area contributed by atoms with Gasteiger partial charge in [0.15, 0.2) is 0 Å². The number of carbonyl (C=O) groups excluding carboxylic acids is 2. The van der Waals surface area contributed by atoms with Crippen LogP contribution in [0.15, 0.2) is 29.4 Å². The maximum atomic E-state index is 12.2. The highest BCUT2D eigenvalue weighted by Crippen LogP contribution is 2.23. The van der Waals surface area contributed by atoms with Crippen molar-refractivity contribution in [3.63, 3.8) is 0 Å². The van der Waals surface area contributed by atoms with E-state index in [2.05, 4.69) is 29.0 Å². The van der Waals surface area contributed by atoms with Crippen LogP contribution < -0.4 is 0 Å². The Kier molecular flexibility index (Phi) is 4.47. The number of imide groups is 1. The van der Waals surface area contributed by atoms with Gasteiger partial charge in [-0.1, -0.05) is 37.7 Å². The van der Waals surface area contributed by atoms with Gasteiger partial charge in [0.05, 0.1) is 11.1 Å². The molecule has 0 bridgehead atoms. The van der Waals surface area contributed by atoms with Crippen LogP contribution in [0.2, 0.25) is 0 Å². The number of nitrogens with one attached hydrogen (secondary N) is 1. The fourth-order valence-electron chi connectivity index (χ4n) is 2.41. The molecule has 2 heterocycles. The molecule has 0 radical (unpaired) electrons. The molecule has 1 aliphatic rings. The Balaban J connectivity index is 1.52. The number of nitrogens with zero attached hydrogens (tertiary/aromatic N) is 3. The van der Waals surface area contributed by atoms with E-state index in [1.165, 1.54) is 16.7 Å². The predicted octanol–water partition coefficient (Wildman–Crippen LogP) is 2.71. The van der Waals surface area contributed by atoms with E-state index in [4.69, 9.17) is 0 Å². The molecular formula is C16H18N4O2S. The molecular weight excluding hydrogens is 312 g/mol. The largest absolute Gasteiger partial charge is 0.274 e. The van der Waals surface area contributed by atoms with Gasteiger partial charge in [0.2, 0.25) is 5.16 Å². The molecule has 6 nitrogen and oxygen atoms in total. The van der Waals surface area contributed by atoms with Crippen LogP contribution in [0.25, 0.3) is 0 Å². The van der Waals surface area contributed by atoms with Gasteiger partial charge in [0, 0.05) is 18.2 Å². The average molecular weight is 330 g/mol.